The molecule has 2 fully saturated rings. The minimum Gasteiger partial charge on any atom is -0.349 e. The number of rotatable bonds is 3. The Labute approximate surface area is 170 Å². The molecule has 29 heavy (non-hydrogen) atoms. The Morgan fingerprint density at radius 2 is 1.79 bits per heavy atom. The summed E-state index contributed by atoms with van der Waals surface area (Å²) in [7, 11) is -3.84. The van der Waals surface area contributed by atoms with E-state index < -0.39 is 9.84 Å². The van der Waals surface area contributed by atoms with Crippen LogP contribution >= 0.6 is 0 Å². The number of carbonyl (C=O) groups is 2. The first kappa shape index (κ1) is 18.6. The Hall–Kier alpha value is -2.47. The van der Waals surface area contributed by atoms with Gasteiger partial charge < -0.3 is 5.32 Å². The van der Waals surface area contributed by atoms with Crippen molar-refractivity contribution in [1.29, 1.82) is 0 Å². The van der Waals surface area contributed by atoms with E-state index in [1.807, 2.05) is 6.92 Å². The lowest BCUT2D eigenvalue weighted by Crippen LogP contribution is -2.40. The molecule has 0 radical (unpaired) electrons. The first-order valence-corrected chi connectivity index (χ1v) is 11.7. The normalized spacial score (nSPS) is 27.2. The Bertz CT molecular complexity index is 1140. The Kier molecular flexibility index (Phi) is 4.17. The summed E-state index contributed by atoms with van der Waals surface area (Å²) >= 11 is 0. The molecule has 3 aliphatic rings. The van der Waals surface area contributed by atoms with E-state index >= 15 is 0 Å². The van der Waals surface area contributed by atoms with Gasteiger partial charge in [-0.15, -0.1) is 0 Å². The minimum atomic E-state index is -3.84. The van der Waals surface area contributed by atoms with Gasteiger partial charge in [0.2, 0.25) is 9.84 Å². The van der Waals surface area contributed by atoms with Crippen LogP contribution < -0.4 is 5.32 Å². The van der Waals surface area contributed by atoms with Gasteiger partial charge in [0.15, 0.2) is 5.78 Å². The van der Waals surface area contributed by atoms with Crippen molar-refractivity contribution >= 4 is 21.5 Å². The Morgan fingerprint density at radius 3 is 2.52 bits per heavy atom. The summed E-state index contributed by atoms with van der Waals surface area (Å²) in [6.07, 6.45) is 4.98. The molecule has 2 bridgehead atoms. The maximum atomic E-state index is 13.0. The number of hydrogen-bond donors (Lipinski definition) is 1. The highest BCUT2D eigenvalue weighted by molar-refractivity contribution is 7.91. The van der Waals surface area contributed by atoms with Crippen LogP contribution in [0.3, 0.4) is 0 Å². The van der Waals surface area contributed by atoms with E-state index in [4.69, 9.17) is 0 Å². The lowest BCUT2D eigenvalue weighted by atomic mass is 9.84. The fraction of sp³-hybridized carbons (Fsp3) is 0.391. The molecule has 1 aliphatic heterocycles. The van der Waals surface area contributed by atoms with Crippen LogP contribution in [-0.4, -0.2) is 26.2 Å². The van der Waals surface area contributed by atoms with E-state index in [2.05, 4.69) is 5.32 Å². The van der Waals surface area contributed by atoms with Crippen molar-refractivity contribution < 1.29 is 18.0 Å². The fourth-order valence-corrected chi connectivity index (χ4v) is 7.21. The predicted molar refractivity (Wildman–Crippen MR) is 108 cm³/mol. The van der Waals surface area contributed by atoms with Crippen molar-refractivity contribution in [3.8, 4) is 0 Å². The molecule has 2 aliphatic carbocycles. The third-order valence-corrected chi connectivity index (χ3v) is 8.84. The Balaban J connectivity index is 1.44. The smallest absolute Gasteiger partial charge is 0.251 e. The first-order chi connectivity index (χ1) is 13.9. The van der Waals surface area contributed by atoms with Crippen LogP contribution in [0.25, 0.3) is 0 Å². The minimum absolute atomic E-state index is 0.00501. The molecule has 0 saturated heterocycles. The molecule has 0 aromatic heterocycles. The number of sulfone groups is 1. The van der Waals surface area contributed by atoms with E-state index in [1.165, 1.54) is 43.5 Å². The topological polar surface area (TPSA) is 80.3 Å². The molecule has 0 unspecified atom stereocenters. The van der Waals surface area contributed by atoms with Crippen molar-refractivity contribution in [3.05, 3.63) is 59.2 Å². The van der Waals surface area contributed by atoms with Crippen molar-refractivity contribution in [3.63, 3.8) is 0 Å². The molecule has 1 amide bonds. The molecule has 1 heterocycles. The average molecular weight is 410 g/mol. The summed E-state index contributed by atoms with van der Waals surface area (Å²) in [5.74, 6) is 1.36. The van der Waals surface area contributed by atoms with Crippen LogP contribution in [0.4, 0.5) is 0 Å². The molecule has 5 nitrogen and oxygen atoms in total. The largest absolute Gasteiger partial charge is 0.349 e. The molecule has 2 aromatic rings. The standard InChI is InChI=1S/C23H23NO4S/c1-13(19-11-14-6-7-15(19)10-14)24-23(26)16-8-9-18-21(12-16)29(27,28)20-5-3-2-4-17(20)22(18)25/h2-5,8-9,12-15,19H,6-7,10-11H2,1H3,(H,24,26)/t13-,14+,15-,19-/m0/s1. The van der Waals surface area contributed by atoms with Crippen LogP contribution in [0.5, 0.6) is 0 Å². The lowest BCUT2D eigenvalue weighted by molar-refractivity contribution is 0.0913. The number of benzene rings is 2. The second-order valence-electron chi connectivity index (χ2n) is 8.64. The summed E-state index contributed by atoms with van der Waals surface area (Å²) < 4.78 is 26.1. The van der Waals surface area contributed by atoms with Crippen LogP contribution in [-0.2, 0) is 9.84 Å². The third kappa shape index (κ3) is 2.84. The molecule has 1 N–H and O–H groups in total. The second kappa shape index (κ2) is 6.52. The van der Waals surface area contributed by atoms with Gasteiger partial charge >= 0.3 is 0 Å². The summed E-state index contributed by atoms with van der Waals surface area (Å²) in [6, 6.07) is 10.6. The fourth-order valence-electron chi connectivity index (χ4n) is 5.53. The highest BCUT2D eigenvalue weighted by Crippen LogP contribution is 2.49. The summed E-state index contributed by atoms with van der Waals surface area (Å²) in [5, 5.41) is 3.07. The highest BCUT2D eigenvalue weighted by Gasteiger charge is 2.42. The lowest BCUT2D eigenvalue weighted by Gasteiger charge is -2.28. The number of carbonyl (C=O) groups excluding carboxylic acids is 2. The molecule has 5 rings (SSSR count). The van der Waals surface area contributed by atoms with Gasteiger partial charge in [-0.05, 0) is 74.3 Å². The van der Waals surface area contributed by atoms with Gasteiger partial charge in [0, 0.05) is 22.7 Å². The van der Waals surface area contributed by atoms with Crippen LogP contribution in [0, 0.1) is 17.8 Å². The van der Waals surface area contributed by atoms with Gasteiger partial charge in [0.25, 0.3) is 5.91 Å². The van der Waals surface area contributed by atoms with Gasteiger partial charge in [-0.1, -0.05) is 18.6 Å². The summed E-state index contributed by atoms with van der Waals surface area (Å²) in [6.45, 7) is 2.04. The van der Waals surface area contributed by atoms with E-state index in [1.54, 1.807) is 18.2 Å². The van der Waals surface area contributed by atoms with E-state index in [-0.39, 0.29) is 44.2 Å². The van der Waals surface area contributed by atoms with Crippen LogP contribution in [0.1, 0.15) is 58.9 Å². The van der Waals surface area contributed by atoms with Gasteiger partial charge in [-0.3, -0.25) is 9.59 Å². The van der Waals surface area contributed by atoms with Crippen molar-refractivity contribution in [2.45, 2.75) is 48.4 Å². The van der Waals surface area contributed by atoms with E-state index in [0.717, 1.165) is 12.3 Å². The zero-order chi connectivity index (χ0) is 20.3. The zero-order valence-electron chi connectivity index (χ0n) is 16.2. The number of amides is 1. The monoisotopic (exact) mass is 409 g/mol. The SMILES string of the molecule is C[C@H](NC(=O)c1ccc2c(c1)S(=O)(=O)c1ccccc1C2=O)[C@@H]1C[C@@H]2CC[C@H]1C2. The maximum Gasteiger partial charge on any atom is 0.251 e. The summed E-state index contributed by atoms with van der Waals surface area (Å²) in [5.41, 5.74) is 0.582. The van der Waals surface area contributed by atoms with E-state index in [0.29, 0.717) is 11.8 Å². The van der Waals surface area contributed by atoms with Crippen molar-refractivity contribution in [1.82, 2.24) is 5.32 Å². The highest BCUT2D eigenvalue weighted by atomic mass is 32.2. The number of ketones is 1. The average Bonchev–Trinajstić information content (AvgIpc) is 3.36. The number of fused-ring (bicyclic) bond motifs is 4. The molecule has 2 aromatic carbocycles. The molecule has 4 atom stereocenters. The number of nitrogens with one attached hydrogen (secondary N) is 1. The van der Waals surface area contributed by atoms with Gasteiger partial charge in [-0.25, -0.2) is 8.42 Å². The molecule has 0 spiro atoms. The molecule has 6 heteroatoms. The van der Waals surface area contributed by atoms with Gasteiger partial charge in [0.1, 0.15) is 0 Å². The molecular formula is C23H23NO4S. The van der Waals surface area contributed by atoms with Crippen molar-refractivity contribution in [2.75, 3.05) is 0 Å². The molecular weight excluding hydrogens is 386 g/mol. The van der Waals surface area contributed by atoms with Crippen LogP contribution in [0.2, 0.25) is 0 Å². The number of hydrogen-bond acceptors (Lipinski definition) is 4. The predicted octanol–water partition coefficient (Wildman–Crippen LogP) is 3.62. The van der Waals surface area contributed by atoms with Crippen molar-refractivity contribution in [2.24, 2.45) is 17.8 Å². The second-order valence-corrected chi connectivity index (χ2v) is 10.5. The Morgan fingerprint density at radius 1 is 1.03 bits per heavy atom. The van der Waals surface area contributed by atoms with Crippen LogP contribution in [0.15, 0.2) is 52.3 Å². The summed E-state index contributed by atoms with van der Waals surface area (Å²) in [4.78, 5) is 25.5. The quantitative estimate of drug-likeness (QED) is 0.716. The van der Waals surface area contributed by atoms with Gasteiger partial charge in [0.05, 0.1) is 9.79 Å². The molecule has 150 valence electrons. The third-order valence-electron chi connectivity index (χ3n) is 6.99. The molecule has 2 saturated carbocycles. The van der Waals surface area contributed by atoms with Gasteiger partial charge in [-0.2, -0.15) is 0 Å². The zero-order valence-corrected chi connectivity index (χ0v) is 17.0. The first-order valence-electron chi connectivity index (χ1n) is 10.2. The van der Waals surface area contributed by atoms with E-state index in [9.17, 15) is 18.0 Å². The maximum absolute atomic E-state index is 13.0.